The zero-order chi connectivity index (χ0) is 16.4. The molecule has 2 N–H and O–H groups in total. The summed E-state index contributed by atoms with van der Waals surface area (Å²) in [5, 5.41) is 29.7. The number of carbonyl (C=O) groups excluding carboxylic acids is 1. The summed E-state index contributed by atoms with van der Waals surface area (Å²) in [6.07, 6.45) is 0. The highest BCUT2D eigenvalue weighted by Gasteiger charge is 2.14. The Bertz CT molecular complexity index is 867. The molecule has 0 unspecified atom stereocenters. The van der Waals surface area contributed by atoms with E-state index in [2.05, 4.69) is 40.9 Å². The van der Waals surface area contributed by atoms with Crippen LogP contribution in [0.1, 0.15) is 17.6 Å². The molecule has 0 aliphatic carbocycles. The third-order valence-electron chi connectivity index (χ3n) is 2.54. The van der Waals surface area contributed by atoms with Gasteiger partial charge in [-0.05, 0) is 12.1 Å². The van der Waals surface area contributed by atoms with Crippen molar-refractivity contribution in [3.8, 4) is 10.6 Å². The number of nitrogens with one attached hydrogen (secondary N) is 2. The fourth-order valence-electron chi connectivity index (χ4n) is 1.66. The number of nitrogens with zero attached hydrogens (tertiary/aromatic N) is 6. The molecule has 0 atom stereocenters. The maximum absolute atomic E-state index is 12.0. The number of aliphatic imine (C=N–C) groups is 1. The van der Waals surface area contributed by atoms with Gasteiger partial charge in [-0.15, -0.1) is 16.4 Å². The lowest BCUT2D eigenvalue weighted by Crippen LogP contribution is -2.18. The van der Waals surface area contributed by atoms with Crippen molar-refractivity contribution in [3.05, 3.63) is 16.1 Å². The van der Waals surface area contributed by atoms with Gasteiger partial charge in [0.25, 0.3) is 5.95 Å². The van der Waals surface area contributed by atoms with Crippen LogP contribution < -0.4 is 10.4 Å². The highest BCUT2D eigenvalue weighted by molar-refractivity contribution is 7.19. The van der Waals surface area contributed by atoms with Gasteiger partial charge in [0.15, 0.2) is 5.13 Å². The van der Waals surface area contributed by atoms with Gasteiger partial charge in [0.2, 0.25) is 5.91 Å². The lowest BCUT2D eigenvalue weighted by Gasteiger charge is -2.03. The quantitative estimate of drug-likeness (QED) is 0.515. The first-order valence-corrected chi connectivity index (χ1v) is 7.93. The number of amides is 1. The topological polar surface area (TPSA) is 145 Å². The van der Waals surface area contributed by atoms with Gasteiger partial charge in [0.05, 0.1) is 16.3 Å². The predicted molar refractivity (Wildman–Crippen MR) is 82.6 cm³/mol. The van der Waals surface area contributed by atoms with E-state index < -0.39 is 5.90 Å². The number of tetrazole rings is 1. The monoisotopic (exact) mass is 349 g/mol. The summed E-state index contributed by atoms with van der Waals surface area (Å²) in [7, 11) is 0. The molecule has 12 heteroatoms. The van der Waals surface area contributed by atoms with Crippen LogP contribution in [0.15, 0.2) is 10.4 Å². The standard InChI is InChI=1S/C11H10N8O2S2/c1-4-7(23-11(12-4)13-5(2)20)6-3-22-9(14-6)8(21)15-10-16-18-19-17-10/h3H,1-2H3,(H,12,13,20)(H2,15,16,17,18,19,21)/p-1. The molecule has 118 valence electrons. The largest absolute Gasteiger partial charge is 0.856 e. The third kappa shape index (κ3) is 3.37. The molecule has 3 heterocycles. The number of aromatic amines is 1. The van der Waals surface area contributed by atoms with Crippen LogP contribution in [0.2, 0.25) is 0 Å². The van der Waals surface area contributed by atoms with Crippen LogP contribution in [0.5, 0.6) is 0 Å². The molecule has 0 radical (unpaired) electrons. The van der Waals surface area contributed by atoms with Gasteiger partial charge in [0.1, 0.15) is 5.01 Å². The van der Waals surface area contributed by atoms with Crippen molar-refractivity contribution in [1.82, 2.24) is 30.6 Å². The molecule has 10 nitrogen and oxygen atoms in total. The van der Waals surface area contributed by atoms with Crippen LogP contribution in [-0.4, -0.2) is 42.4 Å². The van der Waals surface area contributed by atoms with Crippen LogP contribution in [0.25, 0.3) is 10.6 Å². The number of hydrogen-bond acceptors (Lipinski definition) is 10. The Morgan fingerprint density at radius 2 is 2.26 bits per heavy atom. The first kappa shape index (κ1) is 15.2. The zero-order valence-corrected chi connectivity index (χ0v) is 13.5. The molecule has 0 fully saturated rings. The molecule has 1 amide bonds. The van der Waals surface area contributed by atoms with E-state index >= 15 is 0 Å². The Morgan fingerprint density at radius 1 is 1.43 bits per heavy atom. The molecule has 3 aromatic rings. The molecule has 0 aliphatic heterocycles. The maximum Gasteiger partial charge on any atom is 0.288 e. The molecule has 23 heavy (non-hydrogen) atoms. The normalized spacial score (nSPS) is 11.7. The van der Waals surface area contributed by atoms with Crippen molar-refractivity contribution in [2.75, 3.05) is 5.32 Å². The molecule has 0 bridgehead atoms. The summed E-state index contributed by atoms with van der Waals surface area (Å²) in [5.74, 6) is -0.793. The molecule has 0 spiro atoms. The van der Waals surface area contributed by atoms with Crippen molar-refractivity contribution < 1.29 is 9.90 Å². The van der Waals surface area contributed by atoms with Crippen molar-refractivity contribution in [3.63, 3.8) is 0 Å². The van der Waals surface area contributed by atoms with Crippen LogP contribution in [0.3, 0.4) is 0 Å². The molecule has 0 aliphatic rings. The minimum Gasteiger partial charge on any atom is -0.856 e. The minimum atomic E-state index is -0.549. The molecule has 0 aromatic carbocycles. The smallest absolute Gasteiger partial charge is 0.288 e. The fraction of sp³-hybridized carbons (Fsp3) is 0.182. The van der Waals surface area contributed by atoms with E-state index in [-0.39, 0.29) is 16.9 Å². The Labute approximate surface area is 137 Å². The minimum absolute atomic E-state index is 0.0475. The van der Waals surface area contributed by atoms with Crippen molar-refractivity contribution >= 4 is 45.6 Å². The Morgan fingerprint density at radius 3 is 2.96 bits per heavy atom. The summed E-state index contributed by atoms with van der Waals surface area (Å²) in [5.41, 5.74) is 1.33. The number of aromatic nitrogens is 6. The lowest BCUT2D eigenvalue weighted by atomic mass is 10.3. The van der Waals surface area contributed by atoms with Crippen molar-refractivity contribution in [2.24, 2.45) is 4.99 Å². The van der Waals surface area contributed by atoms with E-state index in [9.17, 15) is 9.90 Å². The predicted octanol–water partition coefficient (Wildman–Crippen LogP) is 0.485. The molecule has 3 rings (SSSR count). The molecule has 0 saturated carbocycles. The van der Waals surface area contributed by atoms with Crippen molar-refractivity contribution in [1.29, 1.82) is 0 Å². The number of rotatable bonds is 4. The van der Waals surface area contributed by atoms with Gasteiger partial charge in [-0.1, -0.05) is 16.4 Å². The molecular weight excluding hydrogens is 340 g/mol. The van der Waals surface area contributed by atoms with Crippen LogP contribution in [-0.2, 0) is 4.79 Å². The second kappa shape index (κ2) is 6.18. The molecular formula is C11H9N8O2S2-. The van der Waals surface area contributed by atoms with E-state index in [1.54, 1.807) is 5.38 Å². The highest BCUT2D eigenvalue weighted by atomic mass is 32.1. The fourth-order valence-corrected chi connectivity index (χ4v) is 3.40. The number of anilines is 1. The van der Waals surface area contributed by atoms with Crippen LogP contribution in [0, 0.1) is 6.92 Å². The molecule has 0 saturated heterocycles. The summed E-state index contributed by atoms with van der Waals surface area (Å²) in [6, 6.07) is 0. The average molecular weight is 349 g/mol. The SMILES string of the molecule is CC(=O)Nc1nc(C)c(-c2csc(/C([O-])=N/c3nn[nH]n3)n2)s1. The Balaban J connectivity index is 1.87. The van der Waals surface area contributed by atoms with Crippen LogP contribution >= 0.6 is 22.7 Å². The van der Waals surface area contributed by atoms with E-state index in [1.165, 1.54) is 18.3 Å². The summed E-state index contributed by atoms with van der Waals surface area (Å²) < 4.78 is 0. The van der Waals surface area contributed by atoms with E-state index in [4.69, 9.17) is 0 Å². The second-order valence-electron chi connectivity index (χ2n) is 4.28. The van der Waals surface area contributed by atoms with E-state index in [0.29, 0.717) is 10.8 Å². The number of H-pyrrole nitrogens is 1. The summed E-state index contributed by atoms with van der Waals surface area (Å²) in [4.78, 5) is 24.1. The average Bonchev–Trinajstić information content (AvgIpc) is 3.18. The van der Waals surface area contributed by atoms with Gasteiger partial charge < -0.3 is 10.4 Å². The van der Waals surface area contributed by atoms with Gasteiger partial charge in [-0.3, -0.25) is 4.79 Å². The number of hydrogen-bond donors (Lipinski definition) is 2. The van der Waals surface area contributed by atoms with E-state index in [1.807, 2.05) is 6.92 Å². The molecule has 3 aromatic heterocycles. The van der Waals surface area contributed by atoms with E-state index in [0.717, 1.165) is 21.9 Å². The maximum atomic E-state index is 12.0. The first-order chi connectivity index (χ1) is 11.0. The summed E-state index contributed by atoms with van der Waals surface area (Å²) in [6.45, 7) is 3.22. The van der Waals surface area contributed by atoms with Crippen LogP contribution in [0.4, 0.5) is 11.1 Å². The third-order valence-corrected chi connectivity index (χ3v) is 4.46. The zero-order valence-electron chi connectivity index (χ0n) is 11.9. The van der Waals surface area contributed by atoms with Gasteiger partial charge in [-0.2, -0.15) is 5.21 Å². The van der Waals surface area contributed by atoms with Gasteiger partial charge in [-0.25, -0.2) is 15.0 Å². The highest BCUT2D eigenvalue weighted by Crippen LogP contribution is 2.33. The Kier molecular flexibility index (Phi) is 4.08. The second-order valence-corrected chi connectivity index (χ2v) is 6.14. The number of aryl methyl sites for hydroxylation is 1. The van der Waals surface area contributed by atoms with Gasteiger partial charge >= 0.3 is 0 Å². The van der Waals surface area contributed by atoms with Gasteiger partial charge in [0, 0.05) is 18.2 Å². The number of thiazole rings is 2. The van der Waals surface area contributed by atoms with Crippen molar-refractivity contribution in [2.45, 2.75) is 13.8 Å². The summed E-state index contributed by atoms with van der Waals surface area (Å²) >= 11 is 2.45. The number of carbonyl (C=O) groups is 1. The Hall–Kier alpha value is -2.73. The lowest BCUT2D eigenvalue weighted by molar-refractivity contribution is -0.212. The first-order valence-electron chi connectivity index (χ1n) is 6.23.